The first-order valence-electron chi connectivity index (χ1n) is 6.40. The van der Waals surface area contributed by atoms with Crippen LogP contribution in [0.25, 0.3) is 11.3 Å². The first-order valence-corrected chi connectivity index (χ1v) is 6.40. The lowest BCUT2D eigenvalue weighted by atomic mass is 10.2. The molecule has 0 saturated carbocycles. The van der Waals surface area contributed by atoms with Gasteiger partial charge in [-0.25, -0.2) is 9.78 Å². The molecule has 0 N–H and O–H groups in total. The molecule has 7 nitrogen and oxygen atoms in total. The Labute approximate surface area is 122 Å². The molecule has 2 aromatic rings. The van der Waals surface area contributed by atoms with E-state index in [-0.39, 0.29) is 5.69 Å². The van der Waals surface area contributed by atoms with Crippen molar-refractivity contribution in [2.75, 3.05) is 20.8 Å². The summed E-state index contributed by atoms with van der Waals surface area (Å²) >= 11 is 0. The number of carbonyl (C=O) groups excluding carboxylic acids is 1. The highest BCUT2D eigenvalue weighted by Gasteiger charge is 2.17. The largest absolute Gasteiger partial charge is 0.496 e. The Kier molecular flexibility index (Phi) is 4.42. The lowest BCUT2D eigenvalue weighted by molar-refractivity contribution is 0.0593. The van der Waals surface area contributed by atoms with Crippen LogP contribution in [0.15, 0.2) is 18.3 Å². The third-order valence-corrected chi connectivity index (χ3v) is 2.90. The highest BCUT2D eigenvalue weighted by molar-refractivity contribution is 5.89. The fourth-order valence-corrected chi connectivity index (χ4v) is 1.93. The van der Waals surface area contributed by atoms with Crippen LogP contribution in [0.5, 0.6) is 11.6 Å². The average molecular weight is 291 g/mol. The van der Waals surface area contributed by atoms with Gasteiger partial charge in [0.15, 0.2) is 5.69 Å². The number of carbonyl (C=O) groups is 1. The standard InChI is InChI=1S/C14H17N3O4/c1-5-21-13-7-12(19-3)9(8-15-13)11-6-10(14(18)20-4)16-17(11)2/h6-8H,5H2,1-4H3. The fraction of sp³-hybridized carbons (Fsp3) is 0.357. The maximum atomic E-state index is 11.5. The normalized spacial score (nSPS) is 10.3. The molecule has 2 aromatic heterocycles. The Balaban J connectivity index is 2.46. The van der Waals surface area contributed by atoms with Crippen molar-refractivity contribution in [3.63, 3.8) is 0 Å². The molecule has 2 heterocycles. The van der Waals surface area contributed by atoms with E-state index in [1.807, 2.05) is 6.92 Å². The first kappa shape index (κ1) is 14.8. The minimum absolute atomic E-state index is 0.228. The number of aromatic nitrogens is 3. The lowest BCUT2D eigenvalue weighted by Gasteiger charge is -2.10. The van der Waals surface area contributed by atoms with Gasteiger partial charge < -0.3 is 14.2 Å². The number of methoxy groups -OCH3 is 2. The van der Waals surface area contributed by atoms with Gasteiger partial charge >= 0.3 is 5.97 Å². The van der Waals surface area contributed by atoms with Gasteiger partial charge in [-0.1, -0.05) is 0 Å². The Bertz CT molecular complexity index is 652. The zero-order valence-corrected chi connectivity index (χ0v) is 12.4. The van der Waals surface area contributed by atoms with Crippen molar-refractivity contribution >= 4 is 5.97 Å². The molecule has 0 bridgehead atoms. The fourth-order valence-electron chi connectivity index (χ4n) is 1.93. The van der Waals surface area contributed by atoms with Gasteiger partial charge in [0, 0.05) is 19.3 Å². The predicted octanol–water partition coefficient (Wildman–Crippen LogP) is 1.68. The summed E-state index contributed by atoms with van der Waals surface area (Å²) in [6, 6.07) is 3.33. The summed E-state index contributed by atoms with van der Waals surface area (Å²) < 4.78 is 16.9. The van der Waals surface area contributed by atoms with Crippen LogP contribution in [-0.2, 0) is 11.8 Å². The zero-order chi connectivity index (χ0) is 15.4. The number of hydrogen-bond donors (Lipinski definition) is 0. The summed E-state index contributed by atoms with van der Waals surface area (Å²) in [7, 11) is 4.61. The molecule has 112 valence electrons. The van der Waals surface area contributed by atoms with Crippen LogP contribution in [-0.4, -0.2) is 41.6 Å². The summed E-state index contributed by atoms with van der Waals surface area (Å²) in [5, 5.41) is 4.12. The second-order valence-corrected chi connectivity index (χ2v) is 4.19. The Morgan fingerprint density at radius 3 is 2.71 bits per heavy atom. The van der Waals surface area contributed by atoms with Crippen molar-refractivity contribution in [3.8, 4) is 22.9 Å². The topological polar surface area (TPSA) is 75.5 Å². The summed E-state index contributed by atoms with van der Waals surface area (Å²) in [6.45, 7) is 2.40. The molecule has 21 heavy (non-hydrogen) atoms. The summed E-state index contributed by atoms with van der Waals surface area (Å²) in [6.07, 6.45) is 1.63. The van der Waals surface area contributed by atoms with Crippen LogP contribution in [0, 0.1) is 0 Å². The second kappa shape index (κ2) is 6.25. The highest BCUT2D eigenvalue weighted by atomic mass is 16.5. The Morgan fingerprint density at radius 2 is 2.10 bits per heavy atom. The van der Waals surface area contributed by atoms with Gasteiger partial charge in [-0.05, 0) is 13.0 Å². The van der Waals surface area contributed by atoms with Crippen LogP contribution in [0.2, 0.25) is 0 Å². The molecule has 0 atom stereocenters. The van der Waals surface area contributed by atoms with Crippen molar-refractivity contribution in [1.82, 2.24) is 14.8 Å². The molecule has 0 aliphatic carbocycles. The molecule has 7 heteroatoms. The van der Waals surface area contributed by atoms with Gasteiger partial charge in [-0.3, -0.25) is 4.68 Å². The minimum atomic E-state index is -0.491. The first-order chi connectivity index (χ1) is 10.1. The van der Waals surface area contributed by atoms with E-state index < -0.39 is 5.97 Å². The zero-order valence-electron chi connectivity index (χ0n) is 12.4. The molecule has 0 aliphatic rings. The average Bonchev–Trinajstić information content (AvgIpc) is 2.88. The Morgan fingerprint density at radius 1 is 1.33 bits per heavy atom. The molecule has 0 unspecified atom stereocenters. The molecular weight excluding hydrogens is 274 g/mol. The number of nitrogens with zero attached hydrogens (tertiary/aromatic N) is 3. The summed E-state index contributed by atoms with van der Waals surface area (Å²) in [5.41, 5.74) is 1.64. The third kappa shape index (κ3) is 2.96. The van der Waals surface area contributed by atoms with Crippen LogP contribution >= 0.6 is 0 Å². The molecule has 0 saturated heterocycles. The van der Waals surface area contributed by atoms with E-state index in [9.17, 15) is 4.79 Å². The van der Waals surface area contributed by atoms with Crippen molar-refractivity contribution in [3.05, 3.63) is 24.0 Å². The second-order valence-electron chi connectivity index (χ2n) is 4.19. The number of rotatable bonds is 5. The SMILES string of the molecule is CCOc1cc(OC)c(-c2cc(C(=O)OC)nn2C)cn1. The van der Waals surface area contributed by atoms with Gasteiger partial charge in [0.25, 0.3) is 0 Å². The molecule has 0 aliphatic heterocycles. The maximum Gasteiger partial charge on any atom is 0.358 e. The molecule has 0 fully saturated rings. The van der Waals surface area contributed by atoms with Crippen molar-refractivity contribution in [2.24, 2.45) is 7.05 Å². The highest BCUT2D eigenvalue weighted by Crippen LogP contribution is 2.31. The maximum absolute atomic E-state index is 11.5. The summed E-state index contributed by atoms with van der Waals surface area (Å²) in [4.78, 5) is 15.7. The monoisotopic (exact) mass is 291 g/mol. The predicted molar refractivity (Wildman–Crippen MR) is 75.5 cm³/mol. The van der Waals surface area contributed by atoms with E-state index in [1.165, 1.54) is 7.11 Å². The number of esters is 1. The van der Waals surface area contributed by atoms with Gasteiger partial charge in [-0.15, -0.1) is 0 Å². The lowest BCUT2D eigenvalue weighted by Crippen LogP contribution is -2.03. The van der Waals surface area contributed by atoms with E-state index >= 15 is 0 Å². The molecular formula is C14H17N3O4. The molecule has 0 spiro atoms. The van der Waals surface area contributed by atoms with E-state index in [1.54, 1.807) is 37.2 Å². The van der Waals surface area contributed by atoms with Crippen LogP contribution in [0.3, 0.4) is 0 Å². The molecule has 0 radical (unpaired) electrons. The Hall–Kier alpha value is -2.57. The number of ether oxygens (including phenoxy) is 3. The minimum Gasteiger partial charge on any atom is -0.496 e. The smallest absolute Gasteiger partial charge is 0.358 e. The van der Waals surface area contributed by atoms with Crippen molar-refractivity contribution in [2.45, 2.75) is 6.92 Å². The number of aryl methyl sites for hydroxylation is 1. The van der Waals surface area contributed by atoms with E-state index in [0.717, 1.165) is 0 Å². The third-order valence-electron chi connectivity index (χ3n) is 2.90. The summed E-state index contributed by atoms with van der Waals surface area (Å²) in [5.74, 6) is 0.580. The van der Waals surface area contributed by atoms with E-state index in [2.05, 4.69) is 14.8 Å². The molecule has 2 rings (SSSR count). The molecule has 0 amide bonds. The van der Waals surface area contributed by atoms with Gasteiger partial charge in [0.2, 0.25) is 5.88 Å². The van der Waals surface area contributed by atoms with Gasteiger partial charge in [0.1, 0.15) is 5.75 Å². The molecule has 0 aromatic carbocycles. The van der Waals surface area contributed by atoms with E-state index in [0.29, 0.717) is 29.5 Å². The van der Waals surface area contributed by atoms with Crippen molar-refractivity contribution < 1.29 is 19.0 Å². The van der Waals surface area contributed by atoms with Crippen LogP contribution in [0.4, 0.5) is 0 Å². The van der Waals surface area contributed by atoms with E-state index in [4.69, 9.17) is 9.47 Å². The van der Waals surface area contributed by atoms with Crippen LogP contribution in [0.1, 0.15) is 17.4 Å². The van der Waals surface area contributed by atoms with Crippen LogP contribution < -0.4 is 9.47 Å². The van der Waals surface area contributed by atoms with Crippen molar-refractivity contribution in [1.29, 1.82) is 0 Å². The number of pyridine rings is 1. The van der Waals surface area contributed by atoms with Gasteiger partial charge in [0.05, 0.1) is 32.1 Å². The van der Waals surface area contributed by atoms with Gasteiger partial charge in [-0.2, -0.15) is 5.10 Å². The quantitative estimate of drug-likeness (QED) is 0.780. The number of hydrogen-bond acceptors (Lipinski definition) is 6.